The molecule has 0 atom stereocenters. The summed E-state index contributed by atoms with van der Waals surface area (Å²) < 4.78 is 11.0. The number of hydrogen-bond acceptors (Lipinski definition) is 4. The van der Waals surface area contributed by atoms with Crippen molar-refractivity contribution in [1.29, 1.82) is 0 Å². The van der Waals surface area contributed by atoms with Gasteiger partial charge < -0.3 is 9.47 Å². The van der Waals surface area contributed by atoms with Gasteiger partial charge in [0, 0.05) is 5.56 Å². The van der Waals surface area contributed by atoms with Crippen molar-refractivity contribution in [3.8, 4) is 22.8 Å². The van der Waals surface area contributed by atoms with Crippen LogP contribution in [0.25, 0.3) is 11.3 Å². The normalized spacial score (nSPS) is 13.5. The Kier molecular flexibility index (Phi) is 2.57. The molecule has 2 heterocycles. The van der Waals surface area contributed by atoms with Crippen LogP contribution in [0, 0.1) is 0 Å². The lowest BCUT2D eigenvalue weighted by atomic mass is 10.1. The zero-order valence-corrected chi connectivity index (χ0v) is 9.65. The van der Waals surface area contributed by atoms with E-state index in [1.165, 1.54) is 6.20 Å². The number of aromatic nitrogens is 2. The molecule has 0 saturated carbocycles. The second-order valence-corrected chi connectivity index (χ2v) is 3.97. The van der Waals surface area contributed by atoms with Gasteiger partial charge in [-0.15, -0.1) is 0 Å². The maximum atomic E-state index is 5.70. The molecule has 1 aromatic heterocycles. The molecule has 0 aliphatic carbocycles. The first-order valence-electron chi connectivity index (χ1n) is 5.20. The van der Waals surface area contributed by atoms with Gasteiger partial charge in [0.2, 0.25) is 0 Å². The van der Waals surface area contributed by atoms with E-state index in [1.807, 2.05) is 18.2 Å². The molecule has 86 valence electrons. The van der Waals surface area contributed by atoms with Crippen LogP contribution < -0.4 is 9.47 Å². The van der Waals surface area contributed by atoms with E-state index in [4.69, 9.17) is 21.1 Å². The van der Waals surface area contributed by atoms with Crippen LogP contribution in [0.1, 0.15) is 0 Å². The fourth-order valence-corrected chi connectivity index (χ4v) is 1.76. The Morgan fingerprint density at radius 1 is 1.00 bits per heavy atom. The van der Waals surface area contributed by atoms with Crippen molar-refractivity contribution < 1.29 is 9.47 Å². The van der Waals surface area contributed by atoms with Gasteiger partial charge in [0.1, 0.15) is 18.4 Å². The lowest BCUT2D eigenvalue weighted by molar-refractivity contribution is 0.171. The summed E-state index contributed by atoms with van der Waals surface area (Å²) in [6.07, 6.45) is 3.15. The molecular formula is C12H9ClN2O2. The maximum Gasteiger partial charge on any atom is 0.162 e. The van der Waals surface area contributed by atoms with E-state index in [0.29, 0.717) is 18.4 Å². The predicted octanol–water partition coefficient (Wildman–Crippen LogP) is 2.57. The van der Waals surface area contributed by atoms with Gasteiger partial charge in [-0.3, -0.25) is 4.98 Å². The van der Waals surface area contributed by atoms with Gasteiger partial charge in [-0.05, 0) is 18.2 Å². The van der Waals surface area contributed by atoms with Crippen molar-refractivity contribution in [2.24, 2.45) is 0 Å². The zero-order chi connectivity index (χ0) is 11.7. The number of fused-ring (bicyclic) bond motifs is 1. The molecule has 1 aromatic carbocycles. The largest absolute Gasteiger partial charge is 0.486 e. The molecule has 0 spiro atoms. The Balaban J connectivity index is 2.01. The highest BCUT2D eigenvalue weighted by molar-refractivity contribution is 6.29. The Labute approximate surface area is 103 Å². The molecule has 3 rings (SSSR count). The van der Waals surface area contributed by atoms with E-state index in [9.17, 15) is 0 Å². The average Bonchev–Trinajstić information content (AvgIpc) is 2.39. The molecule has 0 unspecified atom stereocenters. The third-order valence-corrected chi connectivity index (χ3v) is 2.65. The van der Waals surface area contributed by atoms with Gasteiger partial charge in [0.05, 0.1) is 18.1 Å². The topological polar surface area (TPSA) is 44.2 Å². The van der Waals surface area contributed by atoms with Crippen LogP contribution in [0.4, 0.5) is 0 Å². The third kappa shape index (κ3) is 2.03. The fraction of sp³-hybridized carbons (Fsp3) is 0.167. The first-order chi connectivity index (χ1) is 8.33. The minimum atomic E-state index is 0.381. The average molecular weight is 249 g/mol. The van der Waals surface area contributed by atoms with E-state index in [-0.39, 0.29) is 0 Å². The molecule has 0 bridgehead atoms. The fourth-order valence-electron chi connectivity index (χ4n) is 1.66. The molecule has 0 amide bonds. The quantitative estimate of drug-likeness (QED) is 0.778. The summed E-state index contributed by atoms with van der Waals surface area (Å²) in [5.74, 6) is 1.51. The number of rotatable bonds is 1. The maximum absolute atomic E-state index is 5.70. The van der Waals surface area contributed by atoms with Crippen LogP contribution in [0.2, 0.25) is 5.15 Å². The van der Waals surface area contributed by atoms with Crippen LogP contribution in [-0.4, -0.2) is 23.2 Å². The van der Waals surface area contributed by atoms with Crippen molar-refractivity contribution in [3.05, 3.63) is 35.7 Å². The molecule has 4 nitrogen and oxygen atoms in total. The SMILES string of the molecule is Clc1cnc(-c2ccc3c(c2)OCCO3)cn1. The van der Waals surface area contributed by atoms with Gasteiger partial charge >= 0.3 is 0 Å². The summed E-state index contributed by atoms with van der Waals surface area (Å²) in [7, 11) is 0. The highest BCUT2D eigenvalue weighted by Gasteiger charge is 2.12. The van der Waals surface area contributed by atoms with Gasteiger partial charge in [-0.25, -0.2) is 4.98 Å². The molecule has 0 N–H and O–H groups in total. The first kappa shape index (κ1) is 10.4. The lowest BCUT2D eigenvalue weighted by Gasteiger charge is -2.18. The minimum Gasteiger partial charge on any atom is -0.486 e. The second-order valence-electron chi connectivity index (χ2n) is 3.58. The van der Waals surface area contributed by atoms with Crippen molar-refractivity contribution >= 4 is 11.6 Å². The van der Waals surface area contributed by atoms with Crippen molar-refractivity contribution in [2.75, 3.05) is 13.2 Å². The summed E-state index contributed by atoms with van der Waals surface area (Å²) in [5, 5.41) is 0.381. The Morgan fingerprint density at radius 3 is 2.59 bits per heavy atom. The summed E-state index contributed by atoms with van der Waals surface area (Å²) in [6.45, 7) is 1.16. The predicted molar refractivity (Wildman–Crippen MR) is 63.5 cm³/mol. The Morgan fingerprint density at radius 2 is 1.82 bits per heavy atom. The van der Waals surface area contributed by atoms with Crippen LogP contribution in [0.3, 0.4) is 0 Å². The summed E-state index contributed by atoms with van der Waals surface area (Å²) in [5.41, 5.74) is 1.68. The number of ether oxygens (including phenoxy) is 2. The molecule has 0 radical (unpaired) electrons. The van der Waals surface area contributed by atoms with E-state index in [1.54, 1.807) is 6.20 Å². The van der Waals surface area contributed by atoms with Crippen LogP contribution in [0.15, 0.2) is 30.6 Å². The van der Waals surface area contributed by atoms with Gasteiger partial charge in [-0.1, -0.05) is 11.6 Å². The molecular weight excluding hydrogens is 240 g/mol. The molecule has 17 heavy (non-hydrogen) atoms. The standard InChI is InChI=1S/C12H9ClN2O2/c13-12-7-14-9(6-15-12)8-1-2-10-11(5-8)17-4-3-16-10/h1-2,5-7H,3-4H2. The van der Waals surface area contributed by atoms with Crippen LogP contribution in [0.5, 0.6) is 11.5 Å². The van der Waals surface area contributed by atoms with Crippen molar-refractivity contribution in [3.63, 3.8) is 0 Å². The molecule has 5 heteroatoms. The first-order valence-corrected chi connectivity index (χ1v) is 5.58. The van der Waals surface area contributed by atoms with E-state index < -0.39 is 0 Å². The molecule has 1 aliphatic rings. The number of benzene rings is 1. The molecule has 0 saturated heterocycles. The minimum absolute atomic E-state index is 0.381. The Bertz CT molecular complexity index is 543. The van der Waals surface area contributed by atoms with E-state index >= 15 is 0 Å². The smallest absolute Gasteiger partial charge is 0.162 e. The van der Waals surface area contributed by atoms with Gasteiger partial charge in [0.15, 0.2) is 11.5 Å². The highest BCUT2D eigenvalue weighted by Crippen LogP contribution is 2.33. The third-order valence-electron chi connectivity index (χ3n) is 2.46. The van der Waals surface area contributed by atoms with Gasteiger partial charge in [0.25, 0.3) is 0 Å². The van der Waals surface area contributed by atoms with E-state index in [0.717, 1.165) is 22.8 Å². The zero-order valence-electron chi connectivity index (χ0n) is 8.89. The second kappa shape index (κ2) is 4.22. The van der Waals surface area contributed by atoms with E-state index in [2.05, 4.69) is 9.97 Å². The number of hydrogen-bond donors (Lipinski definition) is 0. The Hall–Kier alpha value is -1.81. The number of nitrogens with zero attached hydrogens (tertiary/aromatic N) is 2. The van der Waals surface area contributed by atoms with Crippen molar-refractivity contribution in [2.45, 2.75) is 0 Å². The lowest BCUT2D eigenvalue weighted by Crippen LogP contribution is -2.15. The summed E-state index contributed by atoms with van der Waals surface area (Å²) in [4.78, 5) is 8.21. The molecule has 2 aromatic rings. The molecule has 1 aliphatic heterocycles. The summed E-state index contributed by atoms with van der Waals surface area (Å²) in [6, 6.07) is 5.69. The highest BCUT2D eigenvalue weighted by atomic mass is 35.5. The monoisotopic (exact) mass is 248 g/mol. The summed E-state index contributed by atoms with van der Waals surface area (Å²) >= 11 is 5.70. The van der Waals surface area contributed by atoms with Gasteiger partial charge in [-0.2, -0.15) is 0 Å². The molecule has 0 fully saturated rings. The van der Waals surface area contributed by atoms with Crippen LogP contribution >= 0.6 is 11.6 Å². The van der Waals surface area contributed by atoms with Crippen LogP contribution in [-0.2, 0) is 0 Å². The number of halogens is 1. The van der Waals surface area contributed by atoms with Crippen molar-refractivity contribution in [1.82, 2.24) is 9.97 Å².